The molecule has 2 aliphatic rings. The fourth-order valence-corrected chi connectivity index (χ4v) is 4.20. The Bertz CT molecular complexity index is 1440. The van der Waals surface area contributed by atoms with E-state index in [0.717, 1.165) is 14.5 Å². The maximum Gasteiger partial charge on any atom is 0.737 e. The van der Waals surface area contributed by atoms with Gasteiger partial charge in [0.2, 0.25) is 0 Å². The van der Waals surface area contributed by atoms with Gasteiger partial charge in [-0.15, -0.1) is 6.42 Å². The highest BCUT2D eigenvalue weighted by Crippen LogP contribution is 2.33. The number of hydrogen-bond donors (Lipinski definition) is 2. The number of nitrogens with one attached hydrogen (secondary N) is 2. The zero-order valence-electron chi connectivity index (χ0n) is 18.6. The normalized spacial score (nSPS) is 15.5. The van der Waals surface area contributed by atoms with Crippen molar-refractivity contribution in [2.24, 2.45) is 0 Å². The van der Waals surface area contributed by atoms with Crippen LogP contribution < -0.4 is 10.1 Å². The summed E-state index contributed by atoms with van der Waals surface area (Å²) in [6.07, 6.45) is 15.4. The lowest BCUT2D eigenvalue weighted by atomic mass is 9.90. The minimum atomic E-state index is -4.11. The molecule has 0 atom stereocenters. The standard InChI is InChI=1S/C26H21BF2N4O2/c1-2-15-31-26(34)18-35-23-12-6-19(7-13-23)5-8-20-9-10-21-17-22-11-14-25(24-4-3-16-30-24)33(22)27(28,29)32(20)21/h1,3-14,16-17,30H,15,18H2,(H,31,34)/b8-5+. The molecule has 174 valence electrons. The summed E-state index contributed by atoms with van der Waals surface area (Å²) < 4.78 is 39.3. The fourth-order valence-electron chi connectivity index (χ4n) is 4.20. The fraction of sp³-hybridized carbons (Fsp3) is 0.0769. The van der Waals surface area contributed by atoms with Gasteiger partial charge in [-0.2, -0.15) is 0 Å². The zero-order valence-corrected chi connectivity index (χ0v) is 18.6. The Morgan fingerprint density at radius 2 is 2.00 bits per heavy atom. The molecule has 9 heteroatoms. The van der Waals surface area contributed by atoms with Crippen molar-refractivity contribution in [1.29, 1.82) is 0 Å². The lowest BCUT2D eigenvalue weighted by Gasteiger charge is -2.30. The van der Waals surface area contributed by atoms with E-state index in [0.29, 0.717) is 34.2 Å². The third-order valence-electron chi connectivity index (χ3n) is 5.81. The van der Waals surface area contributed by atoms with Crippen molar-refractivity contribution in [3.05, 3.63) is 95.2 Å². The van der Waals surface area contributed by atoms with Gasteiger partial charge in [0.05, 0.1) is 6.54 Å². The Morgan fingerprint density at radius 1 is 1.17 bits per heavy atom. The van der Waals surface area contributed by atoms with E-state index in [4.69, 9.17) is 11.2 Å². The van der Waals surface area contributed by atoms with Gasteiger partial charge in [-0.25, -0.2) is 0 Å². The number of ether oxygens (including phenoxy) is 1. The number of amides is 1. The molecule has 0 fully saturated rings. The van der Waals surface area contributed by atoms with Gasteiger partial charge in [-0.1, -0.05) is 24.1 Å². The number of carbonyl (C=O) groups excluding carboxylic acids is 1. The summed E-state index contributed by atoms with van der Waals surface area (Å²) in [4.78, 5) is 14.6. The molecular formula is C26H21BF2N4O2. The Labute approximate surface area is 201 Å². The molecule has 0 aliphatic carbocycles. The van der Waals surface area contributed by atoms with Crippen LogP contribution in [0.2, 0.25) is 0 Å². The lowest BCUT2D eigenvalue weighted by molar-refractivity contribution is -0.360. The monoisotopic (exact) mass is 470 g/mol. The molecule has 4 heterocycles. The average molecular weight is 470 g/mol. The van der Waals surface area contributed by atoms with E-state index in [9.17, 15) is 4.79 Å². The van der Waals surface area contributed by atoms with Crippen molar-refractivity contribution in [2.75, 3.05) is 13.2 Å². The molecule has 0 spiro atoms. The number of nitrogens with zero attached hydrogens (tertiary/aromatic N) is 2. The second-order valence-corrected chi connectivity index (χ2v) is 8.05. The number of H-pyrrole nitrogens is 1. The summed E-state index contributed by atoms with van der Waals surface area (Å²) in [5.41, 5.74) is 3.17. The number of halogens is 2. The van der Waals surface area contributed by atoms with Gasteiger partial charge >= 0.3 is 6.97 Å². The van der Waals surface area contributed by atoms with Crippen LogP contribution in [0.5, 0.6) is 5.75 Å². The lowest BCUT2D eigenvalue weighted by Crippen LogP contribution is -2.50. The predicted octanol–water partition coefficient (Wildman–Crippen LogP) is 3.76. The Morgan fingerprint density at radius 3 is 2.74 bits per heavy atom. The van der Waals surface area contributed by atoms with Crippen LogP contribution in [0.15, 0.2) is 72.6 Å². The van der Waals surface area contributed by atoms with Crippen molar-refractivity contribution in [1.82, 2.24) is 14.8 Å². The minimum Gasteiger partial charge on any atom is -0.484 e. The SMILES string of the molecule is C#CCNC(=O)COc1ccc(/C=C/c2ccc3n2[B-](F)(F)[N+]2=C(c4ccc[nH]4)C=CC2=C3)cc1. The van der Waals surface area contributed by atoms with E-state index in [1.165, 1.54) is 0 Å². The van der Waals surface area contributed by atoms with E-state index in [1.54, 1.807) is 85.1 Å². The molecule has 1 amide bonds. The molecule has 0 radical (unpaired) electrons. The summed E-state index contributed by atoms with van der Waals surface area (Å²) in [6.45, 7) is -4.11. The number of rotatable bonds is 7. The van der Waals surface area contributed by atoms with Gasteiger partial charge < -0.3 is 32.6 Å². The van der Waals surface area contributed by atoms with E-state index in [1.807, 2.05) is 0 Å². The summed E-state index contributed by atoms with van der Waals surface area (Å²) in [5, 5.41) is 2.52. The van der Waals surface area contributed by atoms with Crippen LogP contribution in [0.1, 0.15) is 22.6 Å². The molecular weight excluding hydrogens is 449 g/mol. The second kappa shape index (κ2) is 8.99. The highest BCUT2D eigenvalue weighted by Gasteiger charge is 2.52. The number of carbonyl (C=O) groups is 1. The van der Waals surface area contributed by atoms with Gasteiger partial charge in [-0.3, -0.25) is 4.79 Å². The van der Waals surface area contributed by atoms with Gasteiger partial charge in [0.15, 0.2) is 18.0 Å². The first-order valence-electron chi connectivity index (χ1n) is 11.0. The highest BCUT2D eigenvalue weighted by atomic mass is 19.2. The number of allylic oxidation sites excluding steroid dienone is 2. The van der Waals surface area contributed by atoms with E-state index in [-0.39, 0.29) is 19.1 Å². The van der Waals surface area contributed by atoms with Crippen molar-refractivity contribution >= 4 is 36.8 Å². The zero-order chi connectivity index (χ0) is 24.4. The van der Waals surface area contributed by atoms with E-state index >= 15 is 8.63 Å². The van der Waals surface area contributed by atoms with Gasteiger partial charge in [-0.05, 0) is 48.0 Å². The molecule has 2 aromatic heterocycles. The second-order valence-electron chi connectivity index (χ2n) is 8.05. The molecule has 3 aromatic rings. The van der Waals surface area contributed by atoms with Crippen LogP contribution >= 0.6 is 0 Å². The molecule has 0 bridgehead atoms. The summed E-state index contributed by atoms with van der Waals surface area (Å²) in [6, 6.07) is 13.9. The van der Waals surface area contributed by atoms with E-state index < -0.39 is 6.97 Å². The predicted molar refractivity (Wildman–Crippen MR) is 133 cm³/mol. The Balaban J connectivity index is 1.36. The van der Waals surface area contributed by atoms with Crippen LogP contribution in [0.4, 0.5) is 8.63 Å². The first kappa shape index (κ1) is 22.2. The topological polar surface area (TPSA) is 62.1 Å². The largest absolute Gasteiger partial charge is 0.737 e. The molecule has 5 rings (SSSR count). The van der Waals surface area contributed by atoms with Gasteiger partial charge in [0.1, 0.15) is 11.4 Å². The smallest absolute Gasteiger partial charge is 0.484 e. The summed E-state index contributed by atoms with van der Waals surface area (Å²) >= 11 is 0. The molecule has 2 N–H and O–H groups in total. The first-order valence-corrected chi connectivity index (χ1v) is 11.0. The van der Waals surface area contributed by atoms with Gasteiger partial charge in [0.25, 0.3) is 5.91 Å². The average Bonchev–Trinajstić information content (AvgIpc) is 3.60. The highest BCUT2D eigenvalue weighted by molar-refractivity contribution is 6.58. The maximum atomic E-state index is 15.8. The summed E-state index contributed by atoms with van der Waals surface area (Å²) in [5.74, 6) is 2.52. The van der Waals surface area contributed by atoms with Crippen molar-refractivity contribution in [2.45, 2.75) is 0 Å². The summed E-state index contributed by atoms with van der Waals surface area (Å²) in [7, 11) is 0. The number of hydrogen-bond acceptors (Lipinski definition) is 2. The van der Waals surface area contributed by atoms with Crippen LogP contribution in [0, 0.1) is 12.3 Å². The van der Waals surface area contributed by atoms with Crippen LogP contribution in [0.25, 0.3) is 18.2 Å². The van der Waals surface area contributed by atoms with Crippen molar-refractivity contribution < 1.29 is 22.6 Å². The Kier molecular flexibility index (Phi) is 5.71. The van der Waals surface area contributed by atoms with Crippen molar-refractivity contribution in [3.63, 3.8) is 0 Å². The number of aromatic nitrogens is 2. The molecule has 35 heavy (non-hydrogen) atoms. The number of fused-ring (bicyclic) bond motifs is 2. The minimum absolute atomic E-state index is 0.145. The number of aromatic amines is 1. The molecule has 0 saturated heterocycles. The van der Waals surface area contributed by atoms with Crippen LogP contribution in [-0.4, -0.2) is 45.7 Å². The van der Waals surface area contributed by atoms with Crippen molar-refractivity contribution in [3.8, 4) is 18.1 Å². The van der Waals surface area contributed by atoms with Crippen LogP contribution in [0.3, 0.4) is 0 Å². The first-order chi connectivity index (χ1) is 17.0. The van der Waals surface area contributed by atoms with Crippen LogP contribution in [-0.2, 0) is 4.79 Å². The third kappa shape index (κ3) is 4.22. The molecule has 0 saturated carbocycles. The maximum absolute atomic E-state index is 15.8. The number of terminal acetylenes is 1. The molecule has 2 aliphatic heterocycles. The molecule has 0 unspecified atom stereocenters. The van der Waals surface area contributed by atoms with E-state index in [2.05, 4.69) is 16.2 Å². The van der Waals surface area contributed by atoms with Gasteiger partial charge in [0, 0.05) is 35.8 Å². The third-order valence-corrected chi connectivity index (χ3v) is 5.81. The Hall–Kier alpha value is -4.58. The number of benzene rings is 1. The quantitative estimate of drug-likeness (QED) is 0.408. The molecule has 1 aromatic carbocycles. The molecule has 6 nitrogen and oxygen atoms in total.